The summed E-state index contributed by atoms with van der Waals surface area (Å²) >= 11 is 0. The van der Waals surface area contributed by atoms with Gasteiger partial charge in [-0.15, -0.1) is 0 Å². The lowest BCUT2D eigenvalue weighted by Gasteiger charge is -2.46. The fourth-order valence-corrected chi connectivity index (χ4v) is 7.33. The van der Waals surface area contributed by atoms with Crippen molar-refractivity contribution in [1.82, 2.24) is 0 Å². The fraction of sp³-hybridized carbons (Fsp3) is 0.561. The third-order valence-corrected chi connectivity index (χ3v) is 10.8. The molecule has 2 aromatic carbocycles. The van der Waals surface area contributed by atoms with E-state index in [9.17, 15) is 60.7 Å². The molecule has 3 aromatic rings. The molecule has 21 nitrogen and oxygen atoms in total. The number of aliphatic hydroxyl groups excluding tert-OH is 9. The third kappa shape index (κ3) is 9.40. The molecule has 8 unspecified atom stereocenters. The first-order valence-corrected chi connectivity index (χ1v) is 19.6. The number of methoxy groups -OCH3 is 1. The zero-order chi connectivity index (χ0) is 45.3. The maximum absolute atomic E-state index is 14.9. The Morgan fingerprint density at radius 2 is 1.35 bits per heavy atom. The zero-order valence-corrected chi connectivity index (χ0v) is 34.2. The number of phenolic OH excluding ortho intramolecular Hbond substituents is 1. The van der Waals surface area contributed by atoms with Crippen LogP contribution < -0.4 is 19.6 Å². The Labute approximate surface area is 353 Å². The number of phenols is 1. The SMILES string of the molecule is COc1ccc(-c2oc3c(CC=C(C)C)c(OC4O[C@H](CO)C(O)C(O)[C@H]4O)cc(O)c3c(=O)c2OC2OC(C)[C@H](OC(C)=O)[C@@H](O)[C@H]2OC2O[C@H](CO)C(O)C(O)[C@H]2O)cc1. The molecule has 10 N–H and O–H groups in total. The minimum Gasteiger partial charge on any atom is -0.507 e. The topological polar surface area (TPSA) is 323 Å². The van der Waals surface area contributed by atoms with Crippen molar-refractivity contribution in [2.75, 3.05) is 20.3 Å². The van der Waals surface area contributed by atoms with Crippen molar-refractivity contribution in [3.05, 3.63) is 57.8 Å². The number of carbonyl (C=O) groups excluding carboxylic acids is 1. The van der Waals surface area contributed by atoms with Crippen molar-refractivity contribution >= 4 is 16.9 Å². The molecule has 342 valence electrons. The van der Waals surface area contributed by atoms with Crippen LogP contribution in [-0.2, 0) is 34.9 Å². The molecule has 4 heterocycles. The first kappa shape index (κ1) is 47.0. The second kappa shape index (κ2) is 19.5. The summed E-state index contributed by atoms with van der Waals surface area (Å²) in [5, 5.41) is 106. The lowest BCUT2D eigenvalue weighted by molar-refractivity contribution is -0.355. The molecule has 15 atom stereocenters. The lowest BCUT2D eigenvalue weighted by Crippen LogP contribution is -2.65. The Hall–Kier alpha value is -4.46. The zero-order valence-electron chi connectivity index (χ0n) is 34.2. The molecule has 1 aromatic heterocycles. The van der Waals surface area contributed by atoms with Crippen molar-refractivity contribution in [2.45, 2.75) is 126 Å². The molecule has 0 amide bonds. The number of aromatic hydroxyl groups is 1. The highest BCUT2D eigenvalue weighted by atomic mass is 16.8. The quantitative estimate of drug-likeness (QED) is 0.0687. The van der Waals surface area contributed by atoms with Gasteiger partial charge in [0.25, 0.3) is 0 Å². The second-order valence-corrected chi connectivity index (χ2v) is 15.4. The maximum Gasteiger partial charge on any atom is 0.303 e. The van der Waals surface area contributed by atoms with Gasteiger partial charge in [-0.05, 0) is 51.5 Å². The molecule has 3 saturated heterocycles. The van der Waals surface area contributed by atoms with Crippen LogP contribution in [0.2, 0.25) is 0 Å². The predicted molar refractivity (Wildman–Crippen MR) is 209 cm³/mol. The number of esters is 1. The van der Waals surface area contributed by atoms with Crippen LogP contribution in [0.5, 0.6) is 23.0 Å². The minimum atomic E-state index is -1.97. The van der Waals surface area contributed by atoms with E-state index < -0.39 is 134 Å². The Balaban J connectivity index is 1.52. The first-order valence-electron chi connectivity index (χ1n) is 19.6. The number of hydrogen-bond donors (Lipinski definition) is 10. The fourth-order valence-electron chi connectivity index (χ4n) is 7.33. The van der Waals surface area contributed by atoms with Gasteiger partial charge >= 0.3 is 5.97 Å². The van der Waals surface area contributed by atoms with Crippen LogP contribution in [0.3, 0.4) is 0 Å². The normalized spacial score (nSPS) is 33.7. The van der Waals surface area contributed by atoms with Crippen LogP contribution in [0.15, 0.2) is 51.2 Å². The van der Waals surface area contributed by atoms with Crippen LogP contribution in [0.1, 0.15) is 33.3 Å². The van der Waals surface area contributed by atoms with E-state index in [2.05, 4.69) is 0 Å². The molecule has 0 saturated carbocycles. The summed E-state index contributed by atoms with van der Waals surface area (Å²) in [5.74, 6) is -2.23. The monoisotopic (exact) mass is 880 g/mol. The highest BCUT2D eigenvalue weighted by Gasteiger charge is 2.52. The molecule has 0 bridgehead atoms. The summed E-state index contributed by atoms with van der Waals surface area (Å²) in [5.41, 5.74) is -0.122. The van der Waals surface area contributed by atoms with Crippen molar-refractivity contribution < 1.29 is 98.2 Å². The molecule has 62 heavy (non-hydrogen) atoms. The Morgan fingerprint density at radius 3 is 1.92 bits per heavy atom. The number of ether oxygens (including phenoxy) is 8. The molecule has 6 rings (SSSR count). The van der Waals surface area contributed by atoms with Gasteiger partial charge in [0.1, 0.15) is 83.2 Å². The molecular formula is C41H52O21. The van der Waals surface area contributed by atoms with Crippen molar-refractivity contribution in [2.24, 2.45) is 0 Å². The number of aliphatic hydroxyl groups is 9. The van der Waals surface area contributed by atoms with Crippen LogP contribution in [0.4, 0.5) is 0 Å². The summed E-state index contributed by atoms with van der Waals surface area (Å²) in [4.78, 5) is 27.0. The van der Waals surface area contributed by atoms with E-state index in [4.69, 9.17) is 42.3 Å². The van der Waals surface area contributed by atoms with E-state index in [0.29, 0.717) is 5.75 Å². The molecule has 3 aliphatic rings. The summed E-state index contributed by atoms with van der Waals surface area (Å²) < 4.78 is 52.4. The van der Waals surface area contributed by atoms with Gasteiger partial charge in [-0.3, -0.25) is 9.59 Å². The first-order chi connectivity index (χ1) is 29.4. The lowest BCUT2D eigenvalue weighted by atomic mass is 9.97. The van der Waals surface area contributed by atoms with Crippen LogP contribution in [-0.4, -0.2) is 169 Å². The number of fused-ring (bicyclic) bond motifs is 1. The number of hydrogen-bond acceptors (Lipinski definition) is 21. The summed E-state index contributed by atoms with van der Waals surface area (Å²) in [6.07, 6.45) is -23.7. The minimum absolute atomic E-state index is 0.0148. The van der Waals surface area contributed by atoms with Gasteiger partial charge in [-0.1, -0.05) is 11.6 Å². The summed E-state index contributed by atoms with van der Waals surface area (Å²) in [6, 6.07) is 7.14. The molecular weight excluding hydrogens is 828 g/mol. The number of carbonyl (C=O) groups is 1. The second-order valence-electron chi connectivity index (χ2n) is 15.4. The Kier molecular flexibility index (Phi) is 14.8. The average Bonchev–Trinajstić information content (AvgIpc) is 3.24. The molecule has 0 spiro atoms. The molecule has 3 aliphatic heterocycles. The maximum atomic E-state index is 14.9. The van der Waals surface area contributed by atoms with E-state index in [-0.39, 0.29) is 34.6 Å². The van der Waals surface area contributed by atoms with E-state index in [1.807, 2.05) is 0 Å². The van der Waals surface area contributed by atoms with Gasteiger partial charge in [0, 0.05) is 24.1 Å². The summed E-state index contributed by atoms with van der Waals surface area (Å²) in [6.45, 7) is 4.51. The van der Waals surface area contributed by atoms with Gasteiger partial charge in [-0.25, -0.2) is 0 Å². The smallest absolute Gasteiger partial charge is 0.303 e. The van der Waals surface area contributed by atoms with Gasteiger partial charge in [0.05, 0.1) is 26.4 Å². The molecule has 21 heteroatoms. The molecule has 3 fully saturated rings. The average molecular weight is 881 g/mol. The van der Waals surface area contributed by atoms with E-state index >= 15 is 0 Å². The van der Waals surface area contributed by atoms with E-state index in [0.717, 1.165) is 18.6 Å². The van der Waals surface area contributed by atoms with Crippen molar-refractivity contribution in [3.63, 3.8) is 0 Å². The Morgan fingerprint density at radius 1 is 0.758 bits per heavy atom. The van der Waals surface area contributed by atoms with Crippen molar-refractivity contribution in [3.8, 4) is 34.3 Å². The molecule has 0 radical (unpaired) electrons. The number of allylic oxidation sites excluding steroid dienone is 2. The largest absolute Gasteiger partial charge is 0.507 e. The predicted octanol–water partition coefficient (Wildman–Crippen LogP) is -1.54. The van der Waals surface area contributed by atoms with Crippen LogP contribution in [0, 0.1) is 0 Å². The van der Waals surface area contributed by atoms with Gasteiger partial charge in [0.2, 0.25) is 23.8 Å². The van der Waals surface area contributed by atoms with Gasteiger partial charge < -0.3 is 93.4 Å². The van der Waals surface area contributed by atoms with Crippen LogP contribution in [0.25, 0.3) is 22.3 Å². The van der Waals surface area contributed by atoms with Gasteiger partial charge in [-0.2, -0.15) is 0 Å². The highest BCUT2D eigenvalue weighted by Crippen LogP contribution is 2.42. The third-order valence-electron chi connectivity index (χ3n) is 10.8. The van der Waals surface area contributed by atoms with E-state index in [1.54, 1.807) is 32.1 Å². The highest BCUT2D eigenvalue weighted by molar-refractivity contribution is 5.91. The summed E-state index contributed by atoms with van der Waals surface area (Å²) in [7, 11) is 1.43. The van der Waals surface area contributed by atoms with E-state index in [1.165, 1.54) is 26.2 Å². The standard InChI is InChI=1S/C41H52O21/c1-15(2)6-11-20-22(57-39-31(51)29(49)26(46)23(13-42)58-39)12-21(45)25-28(48)37(35(60-36(20)25)18-7-9-19(54-5)10-8-18)61-41-38(33(53)34(16(3)55-41)56-17(4)44)62-40-32(52)30(50)27(47)24(14-43)59-40/h6-10,12,16,23-24,26-27,29-34,38-43,45-47,49-53H,11,13-14H2,1-5H3/t16?,23-,24-,26?,27?,29?,30?,31-,32-,33-,34+,38-,39?,40?,41?/m1/s1. The number of benzene rings is 2. The van der Waals surface area contributed by atoms with Gasteiger partial charge in [0.15, 0.2) is 24.3 Å². The Bertz CT molecular complexity index is 2110. The number of rotatable bonds is 13. The van der Waals surface area contributed by atoms with Crippen LogP contribution >= 0.6 is 0 Å². The van der Waals surface area contributed by atoms with Crippen molar-refractivity contribution in [1.29, 1.82) is 0 Å². The molecule has 0 aliphatic carbocycles.